The number of hydrogen-bond acceptors (Lipinski definition) is 6. The normalized spacial score (nSPS) is 10.7. The van der Waals surface area contributed by atoms with E-state index in [0.717, 1.165) is 16.5 Å². The van der Waals surface area contributed by atoms with Gasteiger partial charge in [-0.05, 0) is 37.1 Å². The third kappa shape index (κ3) is 3.34. The molecule has 2 aromatic carbocycles. The zero-order chi connectivity index (χ0) is 18.8. The van der Waals surface area contributed by atoms with Gasteiger partial charge in [-0.3, -0.25) is 14.9 Å². The molecule has 0 aliphatic carbocycles. The number of amides is 1. The zero-order valence-corrected chi connectivity index (χ0v) is 14.5. The highest BCUT2D eigenvalue weighted by molar-refractivity contribution is 5.96. The molecule has 8 nitrogen and oxygen atoms in total. The summed E-state index contributed by atoms with van der Waals surface area (Å²) in [5.41, 5.74) is 3.24. The molecule has 0 saturated heterocycles. The van der Waals surface area contributed by atoms with Gasteiger partial charge in [0, 0.05) is 17.5 Å². The summed E-state index contributed by atoms with van der Waals surface area (Å²) in [6.07, 6.45) is -0.0251. The summed E-state index contributed by atoms with van der Waals surface area (Å²) in [6.45, 7) is 3.88. The molecule has 0 atom stereocenters. The number of ether oxygens (including phenoxy) is 1. The van der Waals surface area contributed by atoms with Gasteiger partial charge in [0.15, 0.2) is 5.58 Å². The topological polar surface area (TPSA) is 108 Å². The van der Waals surface area contributed by atoms with Crippen molar-refractivity contribution in [1.29, 1.82) is 0 Å². The lowest BCUT2D eigenvalue weighted by molar-refractivity contribution is -0.384. The van der Waals surface area contributed by atoms with Gasteiger partial charge in [-0.25, -0.2) is 0 Å². The summed E-state index contributed by atoms with van der Waals surface area (Å²) in [6, 6.07) is 7.86. The third-order valence-corrected chi connectivity index (χ3v) is 3.98. The number of aromatic nitrogens is 1. The van der Waals surface area contributed by atoms with Gasteiger partial charge in [0.05, 0.1) is 24.1 Å². The minimum Gasteiger partial charge on any atom is -0.495 e. The Morgan fingerprint density at radius 1 is 1.31 bits per heavy atom. The molecule has 134 valence electrons. The number of nitrogens with one attached hydrogen (secondary N) is 1. The van der Waals surface area contributed by atoms with Crippen molar-refractivity contribution >= 4 is 28.3 Å². The number of nitrogens with zero attached hydrogens (tertiary/aromatic N) is 2. The molecule has 8 heteroatoms. The van der Waals surface area contributed by atoms with Crippen LogP contribution >= 0.6 is 0 Å². The number of carbonyl (C=O) groups excluding carboxylic acids is 1. The first-order valence-corrected chi connectivity index (χ1v) is 7.87. The number of nitro groups is 1. The molecule has 0 aliphatic rings. The van der Waals surface area contributed by atoms with Crippen molar-refractivity contribution in [2.45, 2.75) is 20.3 Å². The van der Waals surface area contributed by atoms with E-state index in [1.54, 1.807) is 0 Å². The lowest BCUT2D eigenvalue weighted by Gasteiger charge is -2.09. The molecule has 1 amide bonds. The van der Waals surface area contributed by atoms with E-state index in [1.165, 1.54) is 25.3 Å². The number of rotatable bonds is 5. The molecule has 0 radical (unpaired) electrons. The van der Waals surface area contributed by atoms with Crippen LogP contribution in [0.15, 0.2) is 34.9 Å². The lowest BCUT2D eigenvalue weighted by Crippen LogP contribution is -2.15. The number of methoxy groups -OCH3 is 1. The summed E-state index contributed by atoms with van der Waals surface area (Å²) in [5, 5.41) is 18.4. The first-order chi connectivity index (χ1) is 12.4. The fourth-order valence-corrected chi connectivity index (χ4v) is 2.89. The van der Waals surface area contributed by atoms with Gasteiger partial charge in [0.25, 0.3) is 5.69 Å². The Morgan fingerprint density at radius 3 is 2.77 bits per heavy atom. The molecule has 0 spiro atoms. The predicted molar refractivity (Wildman–Crippen MR) is 95.5 cm³/mol. The lowest BCUT2D eigenvalue weighted by atomic mass is 10.0. The van der Waals surface area contributed by atoms with Gasteiger partial charge >= 0.3 is 0 Å². The number of hydrogen-bond donors (Lipinski definition) is 1. The van der Waals surface area contributed by atoms with E-state index in [4.69, 9.17) is 9.26 Å². The number of nitro benzene ring substituents is 1. The van der Waals surface area contributed by atoms with E-state index >= 15 is 0 Å². The van der Waals surface area contributed by atoms with Gasteiger partial charge in [-0.1, -0.05) is 11.2 Å². The van der Waals surface area contributed by atoms with Crippen LogP contribution in [0.2, 0.25) is 0 Å². The van der Waals surface area contributed by atoms with Crippen molar-refractivity contribution in [2.24, 2.45) is 0 Å². The van der Waals surface area contributed by atoms with Crippen LogP contribution in [0.3, 0.4) is 0 Å². The molecular weight excluding hydrogens is 338 g/mol. The molecule has 26 heavy (non-hydrogen) atoms. The van der Waals surface area contributed by atoms with Gasteiger partial charge in [-0.15, -0.1) is 0 Å². The second-order valence-electron chi connectivity index (χ2n) is 5.95. The molecule has 0 unspecified atom stereocenters. The van der Waals surface area contributed by atoms with Crippen molar-refractivity contribution in [1.82, 2.24) is 5.16 Å². The first kappa shape index (κ1) is 17.4. The summed E-state index contributed by atoms with van der Waals surface area (Å²) < 4.78 is 10.5. The number of benzene rings is 2. The maximum absolute atomic E-state index is 12.4. The second-order valence-corrected chi connectivity index (χ2v) is 5.95. The van der Waals surface area contributed by atoms with Crippen molar-refractivity contribution in [3.63, 3.8) is 0 Å². The summed E-state index contributed by atoms with van der Waals surface area (Å²) in [5.74, 6) is -0.0419. The molecule has 1 heterocycles. The standard InChI is InChI=1S/C18H17N3O5/c1-10-6-11(2)18-14(20-26-16(18)7-10)9-17(22)19-13-8-12(21(23)24)4-5-15(13)25-3/h4-8H,9H2,1-3H3,(H,19,22). The molecule has 0 saturated carbocycles. The zero-order valence-electron chi connectivity index (χ0n) is 14.5. The van der Waals surface area contributed by atoms with Crippen LogP contribution < -0.4 is 10.1 Å². The van der Waals surface area contributed by atoms with Crippen LogP contribution in [0.25, 0.3) is 11.0 Å². The van der Waals surface area contributed by atoms with E-state index in [2.05, 4.69) is 10.5 Å². The first-order valence-electron chi connectivity index (χ1n) is 7.87. The number of anilines is 1. The van der Waals surface area contributed by atoms with Gasteiger partial charge in [-0.2, -0.15) is 0 Å². The number of fused-ring (bicyclic) bond motifs is 1. The smallest absolute Gasteiger partial charge is 0.271 e. The third-order valence-electron chi connectivity index (χ3n) is 3.98. The van der Waals surface area contributed by atoms with Crippen molar-refractivity contribution < 1.29 is 19.0 Å². The SMILES string of the molecule is COc1ccc([N+](=O)[O-])cc1NC(=O)Cc1noc2cc(C)cc(C)c12. The number of carbonyl (C=O) groups is 1. The van der Waals surface area contributed by atoms with Gasteiger partial charge in [0.1, 0.15) is 11.4 Å². The average Bonchev–Trinajstić information content (AvgIpc) is 2.97. The highest BCUT2D eigenvalue weighted by Gasteiger charge is 2.17. The Labute approximate surface area is 148 Å². The highest BCUT2D eigenvalue weighted by atomic mass is 16.6. The van der Waals surface area contributed by atoms with E-state index in [-0.39, 0.29) is 23.7 Å². The maximum Gasteiger partial charge on any atom is 0.271 e. The van der Waals surface area contributed by atoms with E-state index in [9.17, 15) is 14.9 Å². The Hall–Kier alpha value is -3.42. The van der Waals surface area contributed by atoms with E-state index < -0.39 is 4.92 Å². The summed E-state index contributed by atoms with van der Waals surface area (Å²) in [7, 11) is 1.42. The van der Waals surface area contributed by atoms with Crippen LogP contribution in [-0.2, 0) is 11.2 Å². The Kier molecular flexibility index (Phi) is 4.57. The summed E-state index contributed by atoms with van der Waals surface area (Å²) >= 11 is 0. The minimum atomic E-state index is -0.536. The van der Waals surface area contributed by atoms with Crippen molar-refractivity contribution in [3.8, 4) is 5.75 Å². The Balaban J connectivity index is 1.86. The van der Waals surface area contributed by atoms with Crippen LogP contribution in [0.4, 0.5) is 11.4 Å². The van der Waals surface area contributed by atoms with Crippen LogP contribution in [-0.4, -0.2) is 23.1 Å². The predicted octanol–water partition coefficient (Wildman–Crippen LogP) is 3.54. The van der Waals surface area contributed by atoms with Crippen molar-refractivity contribution in [3.05, 3.63) is 57.3 Å². The molecule has 1 aromatic heterocycles. The Morgan fingerprint density at radius 2 is 2.08 bits per heavy atom. The molecule has 3 rings (SSSR count). The largest absolute Gasteiger partial charge is 0.495 e. The van der Waals surface area contributed by atoms with Gasteiger partial charge in [0.2, 0.25) is 5.91 Å². The molecule has 1 N–H and O–H groups in total. The second kappa shape index (κ2) is 6.83. The molecule has 0 bridgehead atoms. The average molecular weight is 355 g/mol. The monoisotopic (exact) mass is 355 g/mol. The molecule has 0 fully saturated rings. The molecular formula is C18H17N3O5. The van der Waals surface area contributed by atoms with Crippen LogP contribution in [0, 0.1) is 24.0 Å². The van der Waals surface area contributed by atoms with Crippen LogP contribution in [0.5, 0.6) is 5.75 Å². The summed E-state index contributed by atoms with van der Waals surface area (Å²) in [4.78, 5) is 22.8. The quantitative estimate of drug-likeness (QED) is 0.554. The fourth-order valence-electron chi connectivity index (χ4n) is 2.89. The molecule has 3 aromatic rings. The van der Waals surface area contributed by atoms with Crippen LogP contribution in [0.1, 0.15) is 16.8 Å². The van der Waals surface area contributed by atoms with E-state index in [1.807, 2.05) is 26.0 Å². The maximum atomic E-state index is 12.4. The Bertz CT molecular complexity index is 1010. The minimum absolute atomic E-state index is 0.0251. The molecule has 0 aliphatic heterocycles. The number of non-ortho nitro benzene ring substituents is 1. The van der Waals surface area contributed by atoms with Gasteiger partial charge < -0.3 is 14.6 Å². The number of aryl methyl sites for hydroxylation is 2. The van der Waals surface area contributed by atoms with Crippen molar-refractivity contribution in [2.75, 3.05) is 12.4 Å². The fraction of sp³-hybridized carbons (Fsp3) is 0.222. The van der Waals surface area contributed by atoms with E-state index in [0.29, 0.717) is 17.0 Å². The highest BCUT2D eigenvalue weighted by Crippen LogP contribution is 2.29.